The second-order valence-corrected chi connectivity index (χ2v) is 4.29. The lowest BCUT2D eigenvalue weighted by Crippen LogP contribution is -2.21. The van der Waals surface area contributed by atoms with Crippen molar-refractivity contribution in [2.45, 2.75) is 6.92 Å². The standard InChI is InChI=1S/C15H15FN2O2/c1-10-11(16)5-4-7-13(10)18-15(19)9-20-14-8-3-2-6-12(14)17/h2-8H,9,17H2,1H3,(H,18,19). The van der Waals surface area contributed by atoms with Crippen LogP contribution in [-0.2, 0) is 4.79 Å². The molecule has 0 aliphatic heterocycles. The van der Waals surface area contributed by atoms with E-state index in [4.69, 9.17) is 10.5 Å². The van der Waals surface area contributed by atoms with Crippen molar-refractivity contribution in [2.75, 3.05) is 17.7 Å². The Hall–Kier alpha value is -2.56. The number of rotatable bonds is 4. The molecule has 0 spiro atoms. The number of carbonyl (C=O) groups excluding carboxylic acids is 1. The third-order valence-electron chi connectivity index (χ3n) is 2.82. The molecule has 2 aromatic carbocycles. The number of benzene rings is 2. The van der Waals surface area contributed by atoms with Crippen molar-refractivity contribution in [1.29, 1.82) is 0 Å². The van der Waals surface area contributed by atoms with Crippen molar-refractivity contribution in [3.8, 4) is 5.75 Å². The van der Waals surface area contributed by atoms with E-state index < -0.39 is 0 Å². The molecule has 0 aromatic heterocycles. The lowest BCUT2D eigenvalue weighted by Gasteiger charge is -2.11. The molecule has 0 unspecified atom stereocenters. The lowest BCUT2D eigenvalue weighted by atomic mass is 10.2. The maximum Gasteiger partial charge on any atom is 0.262 e. The van der Waals surface area contributed by atoms with Crippen molar-refractivity contribution >= 4 is 17.3 Å². The molecule has 0 aliphatic carbocycles. The average Bonchev–Trinajstić information content (AvgIpc) is 2.43. The van der Waals surface area contributed by atoms with Gasteiger partial charge in [-0.1, -0.05) is 18.2 Å². The summed E-state index contributed by atoms with van der Waals surface area (Å²) in [6.07, 6.45) is 0. The highest BCUT2D eigenvalue weighted by Gasteiger charge is 2.08. The molecule has 0 radical (unpaired) electrons. The van der Waals surface area contributed by atoms with E-state index in [9.17, 15) is 9.18 Å². The van der Waals surface area contributed by atoms with Crippen LogP contribution in [0, 0.1) is 12.7 Å². The van der Waals surface area contributed by atoms with Gasteiger partial charge >= 0.3 is 0 Å². The number of amides is 1. The van der Waals surface area contributed by atoms with Crippen LogP contribution in [0.1, 0.15) is 5.56 Å². The first-order valence-electron chi connectivity index (χ1n) is 6.10. The van der Waals surface area contributed by atoms with E-state index in [0.29, 0.717) is 22.7 Å². The highest BCUT2D eigenvalue weighted by Crippen LogP contribution is 2.20. The zero-order chi connectivity index (χ0) is 14.5. The number of para-hydroxylation sites is 2. The Balaban J connectivity index is 1.96. The molecule has 0 fully saturated rings. The number of halogens is 1. The molecule has 2 aromatic rings. The molecule has 3 N–H and O–H groups in total. The number of carbonyl (C=O) groups is 1. The molecule has 0 saturated heterocycles. The van der Waals surface area contributed by atoms with Gasteiger partial charge in [0, 0.05) is 11.3 Å². The molecule has 5 heteroatoms. The van der Waals surface area contributed by atoms with Gasteiger partial charge in [0.1, 0.15) is 11.6 Å². The minimum Gasteiger partial charge on any atom is -0.482 e. The van der Waals surface area contributed by atoms with Gasteiger partial charge in [0.15, 0.2) is 6.61 Å². The Morgan fingerprint density at radius 3 is 2.75 bits per heavy atom. The summed E-state index contributed by atoms with van der Waals surface area (Å²) in [5, 5.41) is 2.60. The van der Waals surface area contributed by atoms with E-state index in [0.717, 1.165) is 0 Å². The molecule has 0 bridgehead atoms. The molecule has 0 saturated carbocycles. The largest absolute Gasteiger partial charge is 0.482 e. The summed E-state index contributed by atoms with van der Waals surface area (Å²) < 4.78 is 18.6. The first-order chi connectivity index (χ1) is 9.58. The van der Waals surface area contributed by atoms with E-state index in [1.807, 2.05) is 0 Å². The second-order valence-electron chi connectivity index (χ2n) is 4.29. The molecular weight excluding hydrogens is 259 g/mol. The molecule has 0 aliphatic rings. The fourth-order valence-electron chi connectivity index (χ4n) is 1.68. The first-order valence-corrected chi connectivity index (χ1v) is 6.10. The van der Waals surface area contributed by atoms with Gasteiger partial charge in [-0.25, -0.2) is 4.39 Å². The maximum atomic E-state index is 13.3. The Kier molecular flexibility index (Phi) is 4.20. The van der Waals surface area contributed by atoms with Crippen LogP contribution in [0.4, 0.5) is 15.8 Å². The van der Waals surface area contributed by atoms with E-state index in [2.05, 4.69) is 5.32 Å². The molecular formula is C15H15FN2O2. The fourth-order valence-corrected chi connectivity index (χ4v) is 1.68. The Morgan fingerprint density at radius 1 is 1.25 bits per heavy atom. The minimum atomic E-state index is -0.373. The van der Waals surface area contributed by atoms with Crippen LogP contribution in [0.15, 0.2) is 42.5 Å². The highest BCUT2D eigenvalue weighted by atomic mass is 19.1. The van der Waals surface area contributed by atoms with Crippen molar-refractivity contribution in [1.82, 2.24) is 0 Å². The average molecular weight is 274 g/mol. The Bertz CT molecular complexity index is 629. The molecule has 0 heterocycles. The Labute approximate surface area is 116 Å². The number of anilines is 2. The van der Waals surface area contributed by atoms with Gasteiger partial charge in [0.25, 0.3) is 5.91 Å². The summed E-state index contributed by atoms with van der Waals surface area (Å²) in [4.78, 5) is 11.8. The van der Waals surface area contributed by atoms with Crippen LogP contribution in [0.25, 0.3) is 0 Å². The number of hydrogen-bond acceptors (Lipinski definition) is 3. The summed E-state index contributed by atoms with van der Waals surface area (Å²) in [6.45, 7) is 1.41. The van der Waals surface area contributed by atoms with E-state index in [1.165, 1.54) is 12.1 Å². The third kappa shape index (κ3) is 3.26. The molecule has 2 rings (SSSR count). The number of ether oxygens (including phenoxy) is 1. The smallest absolute Gasteiger partial charge is 0.262 e. The number of nitrogens with two attached hydrogens (primary N) is 1. The zero-order valence-corrected chi connectivity index (χ0v) is 11.0. The van der Waals surface area contributed by atoms with E-state index in [-0.39, 0.29) is 18.3 Å². The van der Waals surface area contributed by atoms with Crippen LogP contribution in [0.5, 0.6) is 5.75 Å². The number of nitrogen functional groups attached to an aromatic ring is 1. The summed E-state index contributed by atoms with van der Waals surface area (Å²) >= 11 is 0. The molecule has 4 nitrogen and oxygen atoms in total. The monoisotopic (exact) mass is 274 g/mol. The second kappa shape index (κ2) is 6.06. The lowest BCUT2D eigenvalue weighted by molar-refractivity contribution is -0.118. The molecule has 0 atom stereocenters. The van der Waals surface area contributed by atoms with Crippen molar-refractivity contribution in [2.24, 2.45) is 0 Å². The summed E-state index contributed by atoms with van der Waals surface area (Å²) in [7, 11) is 0. The van der Waals surface area contributed by atoms with E-state index in [1.54, 1.807) is 37.3 Å². The molecule has 20 heavy (non-hydrogen) atoms. The number of nitrogens with one attached hydrogen (secondary N) is 1. The van der Waals surface area contributed by atoms with Gasteiger partial charge in [-0.05, 0) is 31.2 Å². The highest BCUT2D eigenvalue weighted by molar-refractivity contribution is 5.92. The minimum absolute atomic E-state index is 0.190. The first kappa shape index (κ1) is 13.9. The van der Waals surface area contributed by atoms with Crippen molar-refractivity contribution in [3.63, 3.8) is 0 Å². The zero-order valence-electron chi connectivity index (χ0n) is 11.0. The molecule has 1 amide bonds. The maximum absolute atomic E-state index is 13.3. The third-order valence-corrected chi connectivity index (χ3v) is 2.82. The van der Waals surface area contributed by atoms with Gasteiger partial charge in [0.05, 0.1) is 5.69 Å². The van der Waals surface area contributed by atoms with Gasteiger partial charge in [-0.15, -0.1) is 0 Å². The number of hydrogen-bond donors (Lipinski definition) is 2. The van der Waals surface area contributed by atoms with Crippen LogP contribution in [0.2, 0.25) is 0 Å². The van der Waals surface area contributed by atoms with Gasteiger partial charge in [-0.3, -0.25) is 4.79 Å². The van der Waals surface area contributed by atoms with Crippen LogP contribution in [0.3, 0.4) is 0 Å². The van der Waals surface area contributed by atoms with Crippen LogP contribution in [-0.4, -0.2) is 12.5 Å². The van der Waals surface area contributed by atoms with Gasteiger partial charge in [0.2, 0.25) is 0 Å². The summed E-state index contributed by atoms with van der Waals surface area (Å²) in [5.74, 6) is -0.295. The van der Waals surface area contributed by atoms with Crippen LogP contribution < -0.4 is 15.8 Å². The summed E-state index contributed by atoms with van der Waals surface area (Å²) in [6, 6.07) is 11.4. The topological polar surface area (TPSA) is 64.3 Å². The molecule has 104 valence electrons. The predicted octanol–water partition coefficient (Wildman–Crippen LogP) is 2.73. The quantitative estimate of drug-likeness (QED) is 0.842. The van der Waals surface area contributed by atoms with Crippen molar-refractivity contribution < 1.29 is 13.9 Å². The fraction of sp³-hybridized carbons (Fsp3) is 0.133. The van der Waals surface area contributed by atoms with Crippen LogP contribution >= 0.6 is 0 Å². The van der Waals surface area contributed by atoms with Gasteiger partial charge < -0.3 is 15.8 Å². The Morgan fingerprint density at radius 2 is 2.00 bits per heavy atom. The normalized spacial score (nSPS) is 10.1. The predicted molar refractivity (Wildman–Crippen MR) is 76.1 cm³/mol. The SMILES string of the molecule is Cc1c(F)cccc1NC(=O)COc1ccccc1N. The van der Waals surface area contributed by atoms with E-state index >= 15 is 0 Å². The van der Waals surface area contributed by atoms with Crippen molar-refractivity contribution in [3.05, 3.63) is 53.8 Å². The van der Waals surface area contributed by atoms with Gasteiger partial charge in [-0.2, -0.15) is 0 Å². The summed E-state index contributed by atoms with van der Waals surface area (Å²) in [5.41, 5.74) is 6.98.